The molecule has 6 heteroatoms. The second-order valence-electron chi connectivity index (χ2n) is 3.68. The van der Waals surface area contributed by atoms with Crippen molar-refractivity contribution in [1.29, 1.82) is 0 Å². The van der Waals surface area contributed by atoms with E-state index in [0.29, 0.717) is 12.5 Å². The number of hydrogen-bond donors (Lipinski definition) is 0. The number of hydrazone groups is 1. The molecule has 1 unspecified atom stereocenters. The first-order valence-electron chi connectivity index (χ1n) is 4.67. The molecule has 1 fully saturated rings. The number of nitro groups is 1. The van der Waals surface area contributed by atoms with Crippen LogP contribution in [0.4, 0.5) is 0 Å². The summed E-state index contributed by atoms with van der Waals surface area (Å²) in [6.45, 7) is 3.56. The molecule has 0 spiro atoms. The van der Waals surface area contributed by atoms with E-state index in [4.69, 9.17) is 0 Å². The fourth-order valence-corrected chi connectivity index (χ4v) is 1.82. The van der Waals surface area contributed by atoms with Gasteiger partial charge in [0, 0.05) is 19.5 Å². The Morgan fingerprint density at radius 2 is 2.29 bits per heavy atom. The highest BCUT2D eigenvalue weighted by Crippen LogP contribution is 2.15. The van der Waals surface area contributed by atoms with Gasteiger partial charge in [0.1, 0.15) is 0 Å². The minimum absolute atomic E-state index is 0.171. The lowest BCUT2D eigenvalue weighted by Crippen LogP contribution is -2.50. The van der Waals surface area contributed by atoms with Crippen molar-refractivity contribution in [3.8, 4) is 0 Å². The minimum Gasteiger partial charge on any atom is -0.345 e. The van der Waals surface area contributed by atoms with Crippen molar-refractivity contribution < 1.29 is 5.03 Å². The normalized spacial score (nSPS) is 26.9. The van der Waals surface area contributed by atoms with E-state index in [0.717, 1.165) is 13.0 Å². The largest absolute Gasteiger partial charge is 0.345 e. The monoisotopic (exact) mass is 200 g/mol. The van der Waals surface area contributed by atoms with Gasteiger partial charge in [-0.3, -0.25) is 4.90 Å². The van der Waals surface area contributed by atoms with Crippen LogP contribution < -0.4 is 0 Å². The van der Waals surface area contributed by atoms with Crippen LogP contribution in [0, 0.1) is 16.0 Å². The first kappa shape index (κ1) is 10.9. The van der Waals surface area contributed by atoms with E-state index in [1.165, 1.54) is 0 Å². The van der Waals surface area contributed by atoms with Crippen LogP contribution in [-0.4, -0.2) is 48.0 Å². The lowest BCUT2D eigenvalue weighted by atomic mass is 10.0. The molecule has 1 saturated heterocycles. The van der Waals surface area contributed by atoms with E-state index in [1.54, 1.807) is 0 Å². The van der Waals surface area contributed by atoms with E-state index in [-0.39, 0.29) is 5.92 Å². The fraction of sp³-hybridized carbons (Fsp3) is 0.875. The second kappa shape index (κ2) is 4.36. The van der Waals surface area contributed by atoms with Crippen molar-refractivity contribution in [2.75, 3.05) is 27.3 Å². The summed E-state index contributed by atoms with van der Waals surface area (Å²) in [7, 11) is 3.84. The molecule has 0 aromatic carbocycles. The number of hydrogen-bond acceptors (Lipinski definition) is 3. The molecule has 1 rings (SSSR count). The average molecular weight is 200 g/mol. The molecule has 0 aliphatic carbocycles. The van der Waals surface area contributed by atoms with Crippen LogP contribution in [0.25, 0.3) is 0 Å². The maximum atomic E-state index is 10.3. The zero-order valence-electron chi connectivity index (χ0n) is 8.80. The molecule has 0 aromatic rings. The van der Waals surface area contributed by atoms with Gasteiger partial charge in [-0.25, -0.2) is 10.1 Å². The zero-order chi connectivity index (χ0) is 10.7. The summed E-state index contributed by atoms with van der Waals surface area (Å²) in [4.78, 5) is 14.3. The molecule has 1 aliphatic heterocycles. The Morgan fingerprint density at radius 1 is 1.64 bits per heavy atom. The van der Waals surface area contributed by atoms with Crippen molar-refractivity contribution in [3.63, 3.8) is 0 Å². The SMILES string of the molecule is CCC1CN(C)CN(C)/C1=N\[N+](=O)[O-]. The van der Waals surface area contributed by atoms with Crippen LogP contribution in [0.5, 0.6) is 0 Å². The molecule has 80 valence electrons. The van der Waals surface area contributed by atoms with Crippen LogP contribution in [0.3, 0.4) is 0 Å². The minimum atomic E-state index is -0.611. The predicted octanol–water partition coefficient (Wildman–Crippen LogP) is 0.438. The Hall–Kier alpha value is -1.17. The Bertz CT molecular complexity index is 254. The van der Waals surface area contributed by atoms with Gasteiger partial charge in [-0.05, 0) is 13.5 Å². The topological polar surface area (TPSA) is 62.0 Å². The molecule has 6 nitrogen and oxygen atoms in total. The van der Waals surface area contributed by atoms with Crippen LogP contribution in [0.15, 0.2) is 5.10 Å². The van der Waals surface area contributed by atoms with Crippen molar-refractivity contribution in [1.82, 2.24) is 9.80 Å². The lowest BCUT2D eigenvalue weighted by molar-refractivity contribution is -0.486. The van der Waals surface area contributed by atoms with E-state index in [1.807, 2.05) is 25.9 Å². The van der Waals surface area contributed by atoms with Gasteiger partial charge >= 0.3 is 0 Å². The van der Waals surface area contributed by atoms with E-state index < -0.39 is 5.03 Å². The molecule has 0 amide bonds. The van der Waals surface area contributed by atoms with E-state index in [9.17, 15) is 10.1 Å². The summed E-state index contributed by atoms with van der Waals surface area (Å²) in [5, 5.41) is 13.2. The Labute approximate surface area is 83.3 Å². The number of amidine groups is 1. The smallest absolute Gasteiger partial charge is 0.192 e. The van der Waals surface area contributed by atoms with Gasteiger partial charge in [-0.15, -0.1) is 0 Å². The molecule has 0 bridgehead atoms. The third-order valence-corrected chi connectivity index (χ3v) is 2.42. The predicted molar refractivity (Wildman–Crippen MR) is 53.5 cm³/mol. The summed E-state index contributed by atoms with van der Waals surface area (Å²) >= 11 is 0. The molecular weight excluding hydrogens is 184 g/mol. The number of rotatable bonds is 2. The Balaban J connectivity index is 2.83. The highest BCUT2D eigenvalue weighted by atomic mass is 16.7. The highest BCUT2D eigenvalue weighted by Gasteiger charge is 2.28. The van der Waals surface area contributed by atoms with E-state index >= 15 is 0 Å². The lowest BCUT2D eigenvalue weighted by Gasteiger charge is -2.36. The van der Waals surface area contributed by atoms with Gasteiger partial charge in [0.25, 0.3) is 0 Å². The van der Waals surface area contributed by atoms with Gasteiger partial charge in [0.15, 0.2) is 10.9 Å². The highest BCUT2D eigenvalue weighted by molar-refractivity contribution is 5.84. The van der Waals surface area contributed by atoms with Gasteiger partial charge in [-0.2, -0.15) is 0 Å². The Kier molecular flexibility index (Phi) is 3.40. The Morgan fingerprint density at radius 3 is 2.79 bits per heavy atom. The molecule has 0 N–H and O–H groups in total. The quantitative estimate of drug-likeness (QED) is 0.479. The zero-order valence-corrected chi connectivity index (χ0v) is 8.80. The molecule has 1 heterocycles. The summed E-state index contributed by atoms with van der Waals surface area (Å²) in [5.74, 6) is 0.764. The molecule has 0 aromatic heterocycles. The summed E-state index contributed by atoms with van der Waals surface area (Å²) in [6.07, 6.45) is 0.876. The second-order valence-corrected chi connectivity index (χ2v) is 3.68. The van der Waals surface area contributed by atoms with Crippen molar-refractivity contribution in [3.05, 3.63) is 10.1 Å². The molecule has 0 radical (unpaired) electrons. The van der Waals surface area contributed by atoms with Crippen LogP contribution in [0.2, 0.25) is 0 Å². The van der Waals surface area contributed by atoms with Crippen molar-refractivity contribution >= 4 is 5.84 Å². The third kappa shape index (κ3) is 2.41. The van der Waals surface area contributed by atoms with E-state index in [2.05, 4.69) is 10.0 Å². The molecule has 1 atom stereocenters. The van der Waals surface area contributed by atoms with Crippen LogP contribution >= 0.6 is 0 Å². The first-order chi connectivity index (χ1) is 6.54. The number of nitrogens with zero attached hydrogens (tertiary/aromatic N) is 4. The molecule has 0 saturated carbocycles. The van der Waals surface area contributed by atoms with Crippen LogP contribution in [0.1, 0.15) is 13.3 Å². The van der Waals surface area contributed by atoms with Crippen molar-refractivity contribution in [2.24, 2.45) is 11.0 Å². The summed E-state index contributed by atoms with van der Waals surface area (Å²) in [5.41, 5.74) is 0. The van der Waals surface area contributed by atoms with Gasteiger partial charge in [-0.1, -0.05) is 6.92 Å². The first-order valence-corrected chi connectivity index (χ1v) is 4.67. The molecule has 1 aliphatic rings. The fourth-order valence-electron chi connectivity index (χ4n) is 1.82. The van der Waals surface area contributed by atoms with Crippen LogP contribution in [-0.2, 0) is 0 Å². The van der Waals surface area contributed by atoms with Gasteiger partial charge < -0.3 is 4.90 Å². The average Bonchev–Trinajstić information content (AvgIpc) is 2.08. The maximum Gasteiger partial charge on any atom is 0.192 e. The summed E-state index contributed by atoms with van der Waals surface area (Å²) in [6, 6.07) is 0. The summed E-state index contributed by atoms with van der Waals surface area (Å²) < 4.78 is 0. The maximum absolute atomic E-state index is 10.3. The molecule has 14 heavy (non-hydrogen) atoms. The molecular formula is C8H16N4O2. The standard InChI is InChI=1S/C8H16N4O2/c1-4-7-5-10(2)6-11(3)8(7)9-12(13)14/h7H,4-6H2,1-3H3/b9-8-. The van der Waals surface area contributed by atoms with Crippen molar-refractivity contribution in [2.45, 2.75) is 13.3 Å². The van der Waals surface area contributed by atoms with Gasteiger partial charge in [0.05, 0.1) is 11.8 Å². The third-order valence-electron chi connectivity index (χ3n) is 2.42. The van der Waals surface area contributed by atoms with Gasteiger partial charge in [0.2, 0.25) is 0 Å².